The third-order valence-electron chi connectivity index (χ3n) is 7.56. The number of hydrogen-bond donors (Lipinski definition) is 0. The van der Waals surface area contributed by atoms with Gasteiger partial charge in [-0.15, -0.1) is 0 Å². The number of benzene rings is 1. The smallest absolute Gasteiger partial charge is 0.744 e. The van der Waals surface area contributed by atoms with Crippen molar-refractivity contribution in [2.75, 3.05) is 46.8 Å². The van der Waals surface area contributed by atoms with E-state index in [1.807, 2.05) is 27.7 Å². The van der Waals surface area contributed by atoms with Gasteiger partial charge in [-0.3, -0.25) is 19.9 Å². The van der Waals surface area contributed by atoms with Crippen LogP contribution in [0.1, 0.15) is 55.4 Å². The molecular formula is C42H51CuN4O8S. The first kappa shape index (κ1) is 47.8. The van der Waals surface area contributed by atoms with Crippen molar-refractivity contribution in [3.8, 4) is 22.8 Å². The number of carbonyl (C=O) groups excluding carboxylic acids is 1. The molecular weight excluding hydrogens is 784 g/mol. The van der Waals surface area contributed by atoms with Gasteiger partial charge in [0.2, 0.25) is 0 Å². The summed E-state index contributed by atoms with van der Waals surface area (Å²) >= 11 is 0. The second kappa shape index (κ2) is 23.6. The molecule has 0 atom stereocenters. The Labute approximate surface area is 341 Å². The Hall–Kier alpha value is -4.40. The summed E-state index contributed by atoms with van der Waals surface area (Å²) in [6.07, 6.45) is 0. The van der Waals surface area contributed by atoms with Crippen molar-refractivity contribution in [1.82, 2.24) is 19.9 Å². The third-order valence-corrected chi connectivity index (χ3v) is 8.45. The van der Waals surface area contributed by atoms with Crippen molar-refractivity contribution >= 4 is 16.1 Å². The number of nitrogens with zero attached hydrogens (tertiary/aromatic N) is 4. The van der Waals surface area contributed by atoms with Crippen LogP contribution in [0.15, 0.2) is 77.7 Å². The zero-order valence-electron chi connectivity index (χ0n) is 33.4. The molecule has 0 spiro atoms. The van der Waals surface area contributed by atoms with E-state index in [0.29, 0.717) is 26.4 Å². The van der Waals surface area contributed by atoms with Crippen LogP contribution in [-0.4, -0.2) is 85.6 Å². The number of aromatic nitrogens is 4. The predicted molar refractivity (Wildman–Crippen MR) is 211 cm³/mol. The van der Waals surface area contributed by atoms with Gasteiger partial charge in [0.15, 0.2) is 0 Å². The fourth-order valence-corrected chi connectivity index (χ4v) is 6.14. The molecule has 0 amide bonds. The van der Waals surface area contributed by atoms with Gasteiger partial charge >= 0.3 is 23.0 Å². The van der Waals surface area contributed by atoms with Crippen molar-refractivity contribution in [3.05, 3.63) is 123 Å². The van der Waals surface area contributed by atoms with Crippen LogP contribution in [0.5, 0.6) is 0 Å². The molecule has 56 heavy (non-hydrogen) atoms. The van der Waals surface area contributed by atoms with E-state index in [1.54, 1.807) is 7.11 Å². The summed E-state index contributed by atoms with van der Waals surface area (Å²) in [7, 11) is -3.16. The summed E-state index contributed by atoms with van der Waals surface area (Å²) in [5.41, 5.74) is 12.6. The van der Waals surface area contributed by atoms with Crippen molar-refractivity contribution < 1.29 is 53.8 Å². The number of rotatable bonds is 13. The SMILES string of the molecule is COCCOCCOCCOC(=O)c1ccccc1S(=O)(=O)[O-].Cc1cc(C)nc(-c2cc(C)cc(C)n2)c1.Cc1cc(C)nc(-c2cc(C)cc(C)n2)c1.[Cu+]. The fourth-order valence-electron chi connectivity index (χ4n) is 5.48. The third kappa shape index (κ3) is 16.8. The van der Waals surface area contributed by atoms with Gasteiger partial charge in [0, 0.05) is 29.9 Å². The molecule has 304 valence electrons. The van der Waals surface area contributed by atoms with Crippen LogP contribution >= 0.6 is 0 Å². The maximum atomic E-state index is 11.8. The Morgan fingerprint density at radius 2 is 0.893 bits per heavy atom. The predicted octanol–water partition coefficient (Wildman–Crippen LogP) is 7.18. The molecule has 0 N–H and O–H groups in total. The molecule has 0 aliphatic heterocycles. The Morgan fingerprint density at radius 3 is 1.23 bits per heavy atom. The van der Waals surface area contributed by atoms with Crippen LogP contribution in [0.2, 0.25) is 0 Å². The van der Waals surface area contributed by atoms with Gasteiger partial charge in [-0.2, -0.15) is 0 Å². The van der Waals surface area contributed by atoms with E-state index in [1.165, 1.54) is 40.5 Å². The average molecular weight is 836 g/mol. The second-order valence-corrected chi connectivity index (χ2v) is 14.3. The van der Waals surface area contributed by atoms with Crippen LogP contribution in [0, 0.1) is 55.4 Å². The van der Waals surface area contributed by atoms with Gasteiger partial charge < -0.3 is 23.5 Å². The Morgan fingerprint density at radius 1 is 0.554 bits per heavy atom. The van der Waals surface area contributed by atoms with Gasteiger partial charge in [-0.25, -0.2) is 13.2 Å². The summed E-state index contributed by atoms with van der Waals surface area (Å²) in [6.45, 7) is 18.1. The molecule has 0 aliphatic carbocycles. The molecule has 0 aliphatic rings. The number of aryl methyl sites for hydroxylation is 8. The van der Waals surface area contributed by atoms with Gasteiger partial charge in [-0.1, -0.05) is 12.1 Å². The van der Waals surface area contributed by atoms with Gasteiger partial charge in [-0.05, 0) is 138 Å². The normalized spacial score (nSPS) is 10.7. The standard InChI is InChI=1S/2C14H16N2.C14H20O8S.Cu/c2*1-9-5-11(3)15-13(7-9)14-8-10(2)6-12(4)16-14;1-19-6-7-20-8-9-21-10-11-22-14(15)12-4-2-3-5-13(12)23(16,17)18;/h2*5-8H,1-4H3;2-5H,6-11H2,1H3,(H,16,17,18);/q;;;+1/p-1. The molecule has 4 heterocycles. The maximum Gasteiger partial charge on any atom is 1.00 e. The van der Waals surface area contributed by atoms with Crippen LogP contribution in [-0.2, 0) is 46.1 Å². The molecule has 0 fully saturated rings. The largest absolute Gasteiger partial charge is 1.00 e. The first-order valence-corrected chi connectivity index (χ1v) is 19.1. The van der Waals surface area contributed by atoms with Gasteiger partial charge in [0.05, 0.1) is 66.3 Å². The average Bonchev–Trinajstić information content (AvgIpc) is 3.09. The van der Waals surface area contributed by atoms with E-state index in [9.17, 15) is 17.8 Å². The minimum Gasteiger partial charge on any atom is -0.744 e. The van der Waals surface area contributed by atoms with Gasteiger partial charge in [0.25, 0.3) is 0 Å². The molecule has 5 rings (SSSR count). The van der Waals surface area contributed by atoms with Crippen molar-refractivity contribution in [2.24, 2.45) is 0 Å². The molecule has 1 aromatic carbocycles. The van der Waals surface area contributed by atoms with E-state index >= 15 is 0 Å². The first-order valence-electron chi connectivity index (χ1n) is 17.7. The molecule has 0 bridgehead atoms. The van der Waals surface area contributed by atoms with Crippen molar-refractivity contribution in [1.29, 1.82) is 0 Å². The minimum atomic E-state index is -4.74. The fraction of sp³-hybridized carbons (Fsp3) is 0.357. The zero-order valence-corrected chi connectivity index (χ0v) is 35.2. The Bertz CT molecular complexity index is 1870. The quantitative estimate of drug-likeness (QED) is 0.0509. The second-order valence-electron chi connectivity index (χ2n) is 13.0. The summed E-state index contributed by atoms with van der Waals surface area (Å²) < 4.78 is 53.2. The van der Waals surface area contributed by atoms with E-state index in [-0.39, 0.29) is 35.8 Å². The van der Waals surface area contributed by atoms with E-state index in [4.69, 9.17) is 18.9 Å². The number of esters is 1. The molecule has 4 aromatic heterocycles. The molecule has 5 aromatic rings. The minimum absolute atomic E-state index is 0. The molecule has 12 nitrogen and oxygen atoms in total. The summed E-state index contributed by atoms with van der Waals surface area (Å²) in [5, 5.41) is 0. The van der Waals surface area contributed by atoms with Crippen LogP contribution in [0.25, 0.3) is 22.8 Å². The first-order chi connectivity index (χ1) is 26.0. The Balaban J connectivity index is 0.000000294. The molecule has 14 heteroatoms. The maximum absolute atomic E-state index is 11.8. The topological polar surface area (TPSA) is 163 Å². The van der Waals surface area contributed by atoms with E-state index in [2.05, 4.69) is 96.2 Å². The molecule has 0 saturated carbocycles. The number of ether oxygens (including phenoxy) is 4. The monoisotopic (exact) mass is 834 g/mol. The van der Waals surface area contributed by atoms with Gasteiger partial charge in [0.1, 0.15) is 16.7 Å². The van der Waals surface area contributed by atoms with Crippen LogP contribution in [0.3, 0.4) is 0 Å². The number of methoxy groups -OCH3 is 1. The number of hydrogen-bond acceptors (Lipinski definition) is 12. The van der Waals surface area contributed by atoms with Crippen LogP contribution < -0.4 is 0 Å². The molecule has 0 saturated heterocycles. The molecule has 0 unspecified atom stereocenters. The zero-order chi connectivity index (χ0) is 40.5. The number of pyridine rings is 4. The van der Waals surface area contributed by atoms with Crippen molar-refractivity contribution in [3.63, 3.8) is 0 Å². The molecule has 0 radical (unpaired) electrons. The number of carbonyl (C=O) groups is 1. The summed E-state index contributed by atoms with van der Waals surface area (Å²) in [4.78, 5) is 29.3. The summed E-state index contributed by atoms with van der Waals surface area (Å²) in [5.74, 6) is -0.889. The Kier molecular flexibility index (Phi) is 20.1. The van der Waals surface area contributed by atoms with Crippen molar-refractivity contribution in [2.45, 2.75) is 60.3 Å². The van der Waals surface area contributed by atoms with Crippen LogP contribution in [0.4, 0.5) is 0 Å². The van der Waals surface area contributed by atoms with E-state index < -0.39 is 21.0 Å². The van der Waals surface area contributed by atoms with E-state index in [0.717, 1.165) is 51.6 Å². The summed E-state index contributed by atoms with van der Waals surface area (Å²) in [6, 6.07) is 21.7.